The van der Waals surface area contributed by atoms with Gasteiger partial charge in [-0.15, -0.1) is 0 Å². The number of rotatable bonds is 4. The molecule has 0 N–H and O–H groups in total. The fourth-order valence-corrected chi connectivity index (χ4v) is 2.16. The molecule has 0 unspecified atom stereocenters. The monoisotopic (exact) mass is 258 g/mol. The van der Waals surface area contributed by atoms with E-state index in [1.54, 1.807) is 11.9 Å². The normalized spacial score (nSPS) is 16.3. The van der Waals surface area contributed by atoms with Crippen molar-refractivity contribution >= 4 is 11.6 Å². The molecule has 1 aliphatic heterocycles. The molecule has 1 saturated heterocycles. The van der Waals surface area contributed by atoms with E-state index in [0.717, 1.165) is 18.5 Å². The van der Waals surface area contributed by atoms with Crippen LogP contribution in [0.1, 0.15) is 18.9 Å². The zero-order chi connectivity index (χ0) is 13.9. The van der Waals surface area contributed by atoms with Crippen LogP contribution in [0.25, 0.3) is 0 Å². The summed E-state index contributed by atoms with van der Waals surface area (Å²) < 4.78 is 5.02. The van der Waals surface area contributed by atoms with Crippen molar-refractivity contribution in [3.05, 3.63) is 29.8 Å². The largest absolute Gasteiger partial charge is 0.377 e. The smallest absolute Gasteiger partial charge is 0.252 e. The number of anilines is 1. The zero-order valence-corrected chi connectivity index (χ0v) is 11.3. The molecule has 0 spiro atoms. The number of amides is 1. The highest BCUT2D eigenvalue weighted by molar-refractivity contribution is 5.99. The molecule has 1 aromatic carbocycles. The first-order chi connectivity index (χ1) is 9.13. The summed E-state index contributed by atoms with van der Waals surface area (Å²) in [7, 11) is 1.70. The second-order valence-electron chi connectivity index (χ2n) is 4.97. The van der Waals surface area contributed by atoms with Gasteiger partial charge in [-0.25, -0.2) is 0 Å². The molecule has 0 aliphatic carbocycles. The molecule has 1 aliphatic rings. The van der Waals surface area contributed by atoms with Crippen molar-refractivity contribution in [1.82, 2.24) is 0 Å². The Labute approximate surface area is 113 Å². The van der Waals surface area contributed by atoms with Crippen LogP contribution in [0.2, 0.25) is 0 Å². The minimum atomic E-state index is -0.989. The average Bonchev–Trinajstić information content (AvgIpc) is 2.38. The third kappa shape index (κ3) is 2.47. The third-order valence-electron chi connectivity index (χ3n) is 3.49. The number of carbonyl (C=O) groups is 1. The molecule has 0 bridgehead atoms. The van der Waals surface area contributed by atoms with Crippen LogP contribution in [0.4, 0.5) is 5.69 Å². The lowest BCUT2D eigenvalue weighted by Crippen LogP contribution is -2.53. The van der Waals surface area contributed by atoms with Gasteiger partial charge < -0.3 is 9.64 Å². The number of nitriles is 1. The van der Waals surface area contributed by atoms with Crippen LogP contribution in [0.5, 0.6) is 0 Å². The van der Waals surface area contributed by atoms with Crippen LogP contribution in [0.3, 0.4) is 0 Å². The molecule has 1 amide bonds. The van der Waals surface area contributed by atoms with Crippen LogP contribution in [0.15, 0.2) is 24.3 Å². The highest BCUT2D eigenvalue weighted by atomic mass is 16.5. The lowest BCUT2D eigenvalue weighted by molar-refractivity contribution is -0.146. The first kappa shape index (κ1) is 13.6. The number of benzene rings is 1. The SMILES string of the molecule is CCCc1ccc(N(C)C(=O)C2(C#N)COC2)cc1. The Kier molecular flexibility index (Phi) is 3.87. The lowest BCUT2D eigenvalue weighted by Gasteiger charge is -2.36. The van der Waals surface area contributed by atoms with Gasteiger partial charge in [0.15, 0.2) is 5.41 Å². The predicted molar refractivity (Wildman–Crippen MR) is 72.7 cm³/mol. The van der Waals surface area contributed by atoms with Gasteiger partial charge in [0.1, 0.15) is 0 Å². The third-order valence-corrected chi connectivity index (χ3v) is 3.49. The van der Waals surface area contributed by atoms with Crippen LogP contribution >= 0.6 is 0 Å². The summed E-state index contributed by atoms with van der Waals surface area (Å²) in [6.07, 6.45) is 2.14. The van der Waals surface area contributed by atoms with Gasteiger partial charge in [-0.1, -0.05) is 25.5 Å². The molecule has 0 radical (unpaired) electrons. The zero-order valence-electron chi connectivity index (χ0n) is 11.3. The molecular weight excluding hydrogens is 240 g/mol. The summed E-state index contributed by atoms with van der Waals surface area (Å²) >= 11 is 0. The number of ether oxygens (including phenoxy) is 1. The van der Waals surface area contributed by atoms with Crippen molar-refractivity contribution in [1.29, 1.82) is 5.26 Å². The molecule has 0 atom stereocenters. The van der Waals surface area contributed by atoms with Gasteiger partial charge in [-0.3, -0.25) is 4.79 Å². The quantitative estimate of drug-likeness (QED) is 0.831. The Balaban J connectivity index is 2.13. The maximum atomic E-state index is 12.3. The molecule has 0 aromatic heterocycles. The highest BCUT2D eigenvalue weighted by Gasteiger charge is 2.48. The average molecular weight is 258 g/mol. The number of carbonyl (C=O) groups excluding carboxylic acids is 1. The maximum absolute atomic E-state index is 12.3. The standard InChI is InChI=1S/C15H18N2O2/c1-3-4-12-5-7-13(8-6-12)17(2)14(18)15(9-16)10-19-11-15/h5-8H,3-4,10-11H2,1-2H3. The molecule has 4 nitrogen and oxygen atoms in total. The molecular formula is C15H18N2O2. The Morgan fingerprint density at radius 1 is 1.42 bits per heavy atom. The summed E-state index contributed by atoms with van der Waals surface area (Å²) in [4.78, 5) is 13.9. The van der Waals surface area contributed by atoms with Gasteiger partial charge in [-0.05, 0) is 24.1 Å². The van der Waals surface area contributed by atoms with E-state index < -0.39 is 5.41 Å². The summed E-state index contributed by atoms with van der Waals surface area (Å²) in [6.45, 7) is 2.53. The number of hydrogen-bond donors (Lipinski definition) is 0. The first-order valence-electron chi connectivity index (χ1n) is 6.49. The maximum Gasteiger partial charge on any atom is 0.252 e. The number of nitrogens with zero attached hydrogens (tertiary/aromatic N) is 2. The Bertz CT molecular complexity index is 498. The second kappa shape index (κ2) is 5.41. The van der Waals surface area contributed by atoms with Gasteiger partial charge in [0.25, 0.3) is 5.91 Å². The number of aryl methyl sites for hydroxylation is 1. The van der Waals surface area contributed by atoms with Gasteiger partial charge in [0.2, 0.25) is 0 Å². The van der Waals surface area contributed by atoms with Crippen molar-refractivity contribution in [2.75, 3.05) is 25.2 Å². The molecule has 0 saturated carbocycles. The summed E-state index contributed by atoms with van der Waals surface area (Å²) in [5, 5.41) is 9.14. The minimum Gasteiger partial charge on any atom is -0.377 e. The van der Waals surface area contributed by atoms with Crippen molar-refractivity contribution < 1.29 is 9.53 Å². The van der Waals surface area contributed by atoms with E-state index in [9.17, 15) is 4.79 Å². The van der Waals surface area contributed by atoms with Crippen LogP contribution in [-0.4, -0.2) is 26.2 Å². The van der Waals surface area contributed by atoms with Crippen molar-refractivity contribution in [2.24, 2.45) is 5.41 Å². The number of hydrogen-bond acceptors (Lipinski definition) is 3. The second-order valence-corrected chi connectivity index (χ2v) is 4.97. The van der Waals surface area contributed by atoms with E-state index in [4.69, 9.17) is 10.00 Å². The topological polar surface area (TPSA) is 53.3 Å². The van der Waals surface area contributed by atoms with Crippen molar-refractivity contribution in [3.8, 4) is 6.07 Å². The van der Waals surface area contributed by atoms with E-state index in [-0.39, 0.29) is 19.1 Å². The molecule has 19 heavy (non-hydrogen) atoms. The minimum absolute atomic E-state index is 0.190. The highest BCUT2D eigenvalue weighted by Crippen LogP contribution is 2.30. The predicted octanol–water partition coefficient (Wildman–Crippen LogP) is 2.14. The van der Waals surface area contributed by atoms with Gasteiger partial charge in [0.05, 0.1) is 19.3 Å². The van der Waals surface area contributed by atoms with Crippen LogP contribution in [-0.2, 0) is 16.0 Å². The fraction of sp³-hybridized carbons (Fsp3) is 0.467. The summed E-state index contributed by atoms with van der Waals surface area (Å²) in [5.41, 5.74) is 1.08. The van der Waals surface area contributed by atoms with E-state index in [0.29, 0.717) is 0 Å². The summed E-state index contributed by atoms with van der Waals surface area (Å²) in [5.74, 6) is -0.190. The first-order valence-corrected chi connectivity index (χ1v) is 6.49. The fourth-order valence-electron chi connectivity index (χ4n) is 2.16. The van der Waals surface area contributed by atoms with Crippen molar-refractivity contribution in [3.63, 3.8) is 0 Å². The van der Waals surface area contributed by atoms with E-state index in [2.05, 4.69) is 13.0 Å². The molecule has 100 valence electrons. The molecule has 2 rings (SSSR count). The van der Waals surface area contributed by atoms with Crippen LogP contribution in [0, 0.1) is 16.7 Å². The van der Waals surface area contributed by atoms with Crippen molar-refractivity contribution in [2.45, 2.75) is 19.8 Å². The van der Waals surface area contributed by atoms with Crippen LogP contribution < -0.4 is 4.90 Å². The van der Waals surface area contributed by atoms with E-state index >= 15 is 0 Å². The lowest BCUT2D eigenvalue weighted by atomic mass is 9.86. The Morgan fingerprint density at radius 2 is 2.05 bits per heavy atom. The Hall–Kier alpha value is -1.86. The molecule has 1 heterocycles. The Morgan fingerprint density at radius 3 is 2.47 bits per heavy atom. The molecule has 4 heteroatoms. The van der Waals surface area contributed by atoms with Gasteiger partial charge in [0, 0.05) is 12.7 Å². The van der Waals surface area contributed by atoms with E-state index in [1.165, 1.54) is 5.56 Å². The summed E-state index contributed by atoms with van der Waals surface area (Å²) in [6, 6.07) is 9.98. The van der Waals surface area contributed by atoms with E-state index in [1.807, 2.05) is 24.3 Å². The van der Waals surface area contributed by atoms with Gasteiger partial charge in [-0.2, -0.15) is 5.26 Å². The molecule has 1 aromatic rings. The molecule has 1 fully saturated rings. The van der Waals surface area contributed by atoms with Gasteiger partial charge >= 0.3 is 0 Å².